The Kier molecular flexibility index (Phi) is 2.53. The van der Waals surface area contributed by atoms with Gasteiger partial charge in [-0.05, 0) is 60.1 Å². The van der Waals surface area contributed by atoms with E-state index in [4.69, 9.17) is 0 Å². The smallest absolute Gasteiger partial charge is 0.0131 e. The highest BCUT2D eigenvalue weighted by molar-refractivity contribution is 5.38. The highest BCUT2D eigenvalue weighted by Gasteiger charge is 2.33. The Balaban J connectivity index is 2.02. The van der Waals surface area contributed by atoms with E-state index in [1.54, 1.807) is 11.1 Å². The molecule has 1 aromatic carbocycles. The van der Waals surface area contributed by atoms with Gasteiger partial charge in [0.1, 0.15) is 0 Å². The molecule has 1 aromatic rings. The predicted molar refractivity (Wildman–Crippen MR) is 68.9 cm³/mol. The second-order valence-electron chi connectivity index (χ2n) is 5.95. The molecule has 1 saturated carbocycles. The van der Waals surface area contributed by atoms with Gasteiger partial charge in [-0.25, -0.2) is 0 Å². The van der Waals surface area contributed by atoms with Gasteiger partial charge < -0.3 is 0 Å². The molecule has 0 amide bonds. The number of hydrogen-bond acceptors (Lipinski definition) is 0. The fourth-order valence-electron chi connectivity index (χ4n) is 3.68. The first kappa shape index (κ1) is 10.4. The molecule has 0 saturated heterocycles. The molecule has 0 heteroatoms. The van der Waals surface area contributed by atoms with Crippen molar-refractivity contribution in [1.82, 2.24) is 0 Å². The Bertz CT molecular complexity index is 389. The fourth-order valence-corrected chi connectivity index (χ4v) is 3.68. The lowest BCUT2D eigenvalue weighted by Gasteiger charge is -2.29. The van der Waals surface area contributed by atoms with Gasteiger partial charge in [-0.15, -0.1) is 0 Å². The molecule has 0 spiro atoms. The molecule has 3 rings (SSSR count). The molecule has 0 heterocycles. The van der Waals surface area contributed by atoms with E-state index in [1.165, 1.54) is 37.7 Å². The van der Waals surface area contributed by atoms with Gasteiger partial charge in [-0.3, -0.25) is 0 Å². The quantitative estimate of drug-likeness (QED) is 0.639. The molecule has 16 heavy (non-hydrogen) atoms. The van der Waals surface area contributed by atoms with Gasteiger partial charge >= 0.3 is 0 Å². The third kappa shape index (κ3) is 1.59. The summed E-state index contributed by atoms with van der Waals surface area (Å²) in [6, 6.07) is 7.26. The summed E-state index contributed by atoms with van der Waals surface area (Å²) in [6.45, 7) is 4.60. The maximum absolute atomic E-state index is 2.52. The molecule has 2 unspecified atom stereocenters. The molecule has 0 bridgehead atoms. The number of rotatable bonds is 1. The van der Waals surface area contributed by atoms with Crippen molar-refractivity contribution in [1.29, 1.82) is 0 Å². The fraction of sp³-hybridized carbons (Fsp3) is 0.625. The minimum absolute atomic E-state index is 0.673. The van der Waals surface area contributed by atoms with Crippen LogP contribution in [-0.2, 0) is 6.42 Å². The van der Waals surface area contributed by atoms with Crippen molar-refractivity contribution in [3.8, 4) is 0 Å². The van der Waals surface area contributed by atoms with E-state index in [1.807, 2.05) is 0 Å². The lowest BCUT2D eigenvalue weighted by Crippen LogP contribution is -2.16. The van der Waals surface area contributed by atoms with Crippen molar-refractivity contribution in [3.63, 3.8) is 0 Å². The van der Waals surface area contributed by atoms with E-state index in [0.29, 0.717) is 5.92 Å². The second kappa shape index (κ2) is 3.91. The standard InChI is InChI=1S/C16H22/c1-11(2)14-9-8-13-7-6-12-4-3-5-15(12)16(13)10-14/h8-12,15H,3-7H2,1-2H3. The summed E-state index contributed by atoms with van der Waals surface area (Å²) >= 11 is 0. The maximum atomic E-state index is 2.52. The zero-order chi connectivity index (χ0) is 11.1. The van der Waals surface area contributed by atoms with Crippen LogP contribution in [0.1, 0.15) is 68.1 Å². The molecular weight excluding hydrogens is 192 g/mol. The number of hydrogen-bond donors (Lipinski definition) is 0. The number of aryl methyl sites for hydroxylation is 1. The molecular formula is C16H22. The van der Waals surface area contributed by atoms with Crippen molar-refractivity contribution in [2.45, 2.75) is 57.8 Å². The molecule has 0 radical (unpaired) electrons. The van der Waals surface area contributed by atoms with E-state index >= 15 is 0 Å². The topological polar surface area (TPSA) is 0 Å². The molecule has 0 aromatic heterocycles. The van der Waals surface area contributed by atoms with Gasteiger partial charge in [0.15, 0.2) is 0 Å². The lowest BCUT2D eigenvalue weighted by atomic mass is 9.76. The predicted octanol–water partition coefficient (Wildman–Crippen LogP) is 4.64. The largest absolute Gasteiger partial charge is 0.0587 e. The molecule has 1 fully saturated rings. The summed E-state index contributed by atoms with van der Waals surface area (Å²) in [5.41, 5.74) is 4.89. The average Bonchev–Trinajstić information content (AvgIpc) is 2.76. The van der Waals surface area contributed by atoms with Crippen molar-refractivity contribution >= 4 is 0 Å². The molecule has 0 aliphatic heterocycles. The summed E-state index contributed by atoms with van der Waals surface area (Å²) in [7, 11) is 0. The Morgan fingerprint density at radius 1 is 1.12 bits per heavy atom. The van der Waals surface area contributed by atoms with Gasteiger partial charge in [-0.2, -0.15) is 0 Å². The van der Waals surface area contributed by atoms with Crippen LogP contribution in [0.3, 0.4) is 0 Å². The molecule has 2 atom stereocenters. The molecule has 2 aliphatic carbocycles. The highest BCUT2D eigenvalue weighted by Crippen LogP contribution is 2.47. The monoisotopic (exact) mass is 214 g/mol. The van der Waals surface area contributed by atoms with E-state index < -0.39 is 0 Å². The third-order valence-corrected chi connectivity index (χ3v) is 4.68. The first-order valence-corrected chi connectivity index (χ1v) is 6.88. The summed E-state index contributed by atoms with van der Waals surface area (Å²) in [4.78, 5) is 0. The Morgan fingerprint density at radius 3 is 2.81 bits per heavy atom. The first-order valence-electron chi connectivity index (χ1n) is 6.88. The van der Waals surface area contributed by atoms with Crippen molar-refractivity contribution < 1.29 is 0 Å². The van der Waals surface area contributed by atoms with E-state index in [-0.39, 0.29) is 0 Å². The molecule has 86 valence electrons. The van der Waals surface area contributed by atoms with Crippen LogP contribution >= 0.6 is 0 Å². The van der Waals surface area contributed by atoms with Crippen molar-refractivity contribution in [2.75, 3.05) is 0 Å². The molecule has 2 aliphatic rings. The van der Waals surface area contributed by atoms with Crippen LogP contribution in [-0.4, -0.2) is 0 Å². The molecule has 0 nitrogen and oxygen atoms in total. The summed E-state index contributed by atoms with van der Waals surface area (Å²) in [5, 5.41) is 0. The van der Waals surface area contributed by atoms with Crippen LogP contribution in [0.4, 0.5) is 0 Å². The SMILES string of the molecule is CC(C)c1ccc2c(c1)C1CCCC1CC2. The second-order valence-corrected chi connectivity index (χ2v) is 5.95. The summed E-state index contributed by atoms with van der Waals surface area (Å²) < 4.78 is 0. The van der Waals surface area contributed by atoms with Gasteiger partial charge in [0, 0.05) is 0 Å². The van der Waals surface area contributed by atoms with E-state index in [9.17, 15) is 0 Å². The Hall–Kier alpha value is -0.780. The zero-order valence-electron chi connectivity index (χ0n) is 10.5. The lowest BCUT2D eigenvalue weighted by molar-refractivity contribution is 0.422. The van der Waals surface area contributed by atoms with Gasteiger partial charge in [-0.1, -0.05) is 38.5 Å². The average molecular weight is 214 g/mol. The zero-order valence-corrected chi connectivity index (χ0v) is 10.5. The van der Waals surface area contributed by atoms with Crippen LogP contribution < -0.4 is 0 Å². The van der Waals surface area contributed by atoms with Crippen LogP contribution in [0.2, 0.25) is 0 Å². The van der Waals surface area contributed by atoms with Crippen molar-refractivity contribution in [3.05, 3.63) is 34.9 Å². The van der Waals surface area contributed by atoms with E-state index in [0.717, 1.165) is 11.8 Å². The Morgan fingerprint density at radius 2 is 2.00 bits per heavy atom. The Labute approximate surface area is 99.1 Å². The van der Waals surface area contributed by atoms with Crippen LogP contribution in [0.5, 0.6) is 0 Å². The first-order chi connectivity index (χ1) is 7.75. The number of benzene rings is 1. The van der Waals surface area contributed by atoms with Gasteiger partial charge in [0.05, 0.1) is 0 Å². The number of fused-ring (bicyclic) bond motifs is 3. The highest BCUT2D eigenvalue weighted by atomic mass is 14.4. The normalized spacial score (nSPS) is 27.9. The maximum Gasteiger partial charge on any atom is -0.0131 e. The third-order valence-electron chi connectivity index (χ3n) is 4.68. The minimum Gasteiger partial charge on any atom is -0.0587 e. The van der Waals surface area contributed by atoms with Crippen LogP contribution in [0.25, 0.3) is 0 Å². The minimum atomic E-state index is 0.673. The molecule has 0 N–H and O–H groups in total. The van der Waals surface area contributed by atoms with Gasteiger partial charge in [0.25, 0.3) is 0 Å². The summed E-state index contributed by atoms with van der Waals surface area (Å²) in [5.74, 6) is 2.59. The van der Waals surface area contributed by atoms with Gasteiger partial charge in [0.2, 0.25) is 0 Å². The summed E-state index contributed by atoms with van der Waals surface area (Å²) in [6.07, 6.45) is 7.16. The van der Waals surface area contributed by atoms with E-state index in [2.05, 4.69) is 32.0 Å². The van der Waals surface area contributed by atoms with Crippen LogP contribution in [0, 0.1) is 5.92 Å². The van der Waals surface area contributed by atoms with Crippen molar-refractivity contribution in [2.24, 2.45) is 5.92 Å². The van der Waals surface area contributed by atoms with Crippen LogP contribution in [0.15, 0.2) is 18.2 Å².